The fraction of sp³-hybridized carbons (Fsp3) is 0.950. The number of unbranched alkanes of at least 4 members (excludes halogenated alkanes) is 8. The molecule has 5 heteroatoms. The van der Waals surface area contributed by atoms with Crippen LogP contribution in [0.15, 0.2) is 0 Å². The lowest BCUT2D eigenvalue weighted by Crippen LogP contribution is -2.17. The lowest BCUT2D eigenvalue weighted by molar-refractivity contribution is -0.146. The molecule has 0 aliphatic rings. The van der Waals surface area contributed by atoms with Crippen molar-refractivity contribution < 1.29 is 24.9 Å². The monoisotopic (exact) mass is 360 g/mol. The van der Waals surface area contributed by atoms with Gasteiger partial charge in [0.15, 0.2) is 0 Å². The zero-order valence-corrected chi connectivity index (χ0v) is 16.1. The van der Waals surface area contributed by atoms with Crippen molar-refractivity contribution in [1.29, 1.82) is 0 Å². The topological polar surface area (TPSA) is 87.0 Å². The molecule has 0 aromatic heterocycles. The van der Waals surface area contributed by atoms with Crippen LogP contribution in [0, 0.1) is 0 Å². The van der Waals surface area contributed by atoms with Crippen LogP contribution in [0.1, 0.15) is 96.8 Å². The number of hydrogen-bond donors (Lipinski definition) is 3. The van der Waals surface area contributed by atoms with E-state index in [0.717, 1.165) is 77.0 Å². The van der Waals surface area contributed by atoms with Gasteiger partial charge in [0, 0.05) is 13.0 Å². The largest absolute Gasteiger partial charge is 0.463 e. The summed E-state index contributed by atoms with van der Waals surface area (Å²) in [5, 5.41) is 27.9. The third-order valence-corrected chi connectivity index (χ3v) is 4.52. The van der Waals surface area contributed by atoms with Gasteiger partial charge in [-0.2, -0.15) is 0 Å². The maximum atomic E-state index is 11.4. The third kappa shape index (κ3) is 18.0. The quantitative estimate of drug-likeness (QED) is 0.256. The normalized spacial score (nSPS) is 13.6. The van der Waals surface area contributed by atoms with Gasteiger partial charge in [0.25, 0.3) is 0 Å². The van der Waals surface area contributed by atoms with Crippen LogP contribution >= 0.6 is 0 Å². The molecule has 0 heterocycles. The van der Waals surface area contributed by atoms with Gasteiger partial charge in [0.1, 0.15) is 6.61 Å². The first kappa shape index (κ1) is 24.4. The Kier molecular flexibility index (Phi) is 17.7. The molecule has 5 nitrogen and oxygen atoms in total. The second kappa shape index (κ2) is 18.2. The molecule has 0 radical (unpaired) electrons. The van der Waals surface area contributed by atoms with Gasteiger partial charge in [-0.25, -0.2) is 0 Å². The molecule has 0 spiro atoms. The zero-order valence-electron chi connectivity index (χ0n) is 16.1. The Hall–Kier alpha value is -0.650. The van der Waals surface area contributed by atoms with E-state index in [1.807, 2.05) is 6.92 Å². The molecule has 3 N–H and O–H groups in total. The molecule has 0 saturated heterocycles. The first-order valence-corrected chi connectivity index (χ1v) is 10.2. The third-order valence-electron chi connectivity index (χ3n) is 4.52. The minimum absolute atomic E-state index is 0.106. The number of hydrogen-bond acceptors (Lipinski definition) is 5. The highest BCUT2D eigenvalue weighted by Gasteiger charge is 2.07. The van der Waals surface area contributed by atoms with Crippen LogP contribution in [0.25, 0.3) is 0 Å². The van der Waals surface area contributed by atoms with E-state index in [0.29, 0.717) is 12.8 Å². The average Bonchev–Trinajstić information content (AvgIpc) is 2.61. The van der Waals surface area contributed by atoms with Crippen molar-refractivity contribution >= 4 is 5.97 Å². The molecule has 0 aliphatic carbocycles. The van der Waals surface area contributed by atoms with Gasteiger partial charge in [-0.1, -0.05) is 58.3 Å². The molecule has 0 aliphatic heterocycles. The van der Waals surface area contributed by atoms with Gasteiger partial charge in [-0.3, -0.25) is 4.79 Å². The van der Waals surface area contributed by atoms with E-state index >= 15 is 0 Å². The van der Waals surface area contributed by atoms with Gasteiger partial charge in [-0.05, 0) is 32.1 Å². The number of esters is 1. The van der Waals surface area contributed by atoms with Crippen molar-refractivity contribution in [3.8, 4) is 0 Å². The fourth-order valence-corrected chi connectivity index (χ4v) is 2.73. The van der Waals surface area contributed by atoms with Gasteiger partial charge >= 0.3 is 5.97 Å². The molecular formula is C20H40O5. The van der Waals surface area contributed by atoms with E-state index < -0.39 is 6.10 Å². The first-order valence-electron chi connectivity index (χ1n) is 10.2. The number of aliphatic hydroxyl groups is 3. The fourth-order valence-electron chi connectivity index (χ4n) is 2.73. The smallest absolute Gasteiger partial charge is 0.305 e. The van der Waals surface area contributed by atoms with Crippen LogP contribution in [0.2, 0.25) is 0 Å². The van der Waals surface area contributed by atoms with E-state index in [2.05, 4.69) is 0 Å². The van der Waals surface area contributed by atoms with Crippen LogP contribution in [0.4, 0.5) is 0 Å². The summed E-state index contributed by atoms with van der Waals surface area (Å²) in [7, 11) is 0. The van der Waals surface area contributed by atoms with Crippen molar-refractivity contribution in [2.45, 2.75) is 109 Å². The average molecular weight is 361 g/mol. The molecule has 2 atom stereocenters. The van der Waals surface area contributed by atoms with Crippen LogP contribution in [0.5, 0.6) is 0 Å². The second-order valence-electron chi connectivity index (χ2n) is 6.99. The summed E-state index contributed by atoms with van der Waals surface area (Å²) < 4.78 is 4.99. The lowest BCUT2D eigenvalue weighted by atomic mass is 10.0. The summed E-state index contributed by atoms with van der Waals surface area (Å²) in [4.78, 5) is 11.4. The second-order valence-corrected chi connectivity index (χ2v) is 6.99. The minimum Gasteiger partial charge on any atom is -0.463 e. The summed E-state index contributed by atoms with van der Waals surface area (Å²) in [6, 6.07) is 0. The van der Waals surface area contributed by atoms with Gasteiger partial charge in [0.2, 0.25) is 0 Å². The highest BCUT2D eigenvalue weighted by molar-refractivity contribution is 5.69. The summed E-state index contributed by atoms with van der Waals surface area (Å²) in [6.07, 6.45) is 12.4. The van der Waals surface area contributed by atoms with Crippen LogP contribution in [-0.4, -0.2) is 46.7 Å². The molecule has 2 unspecified atom stereocenters. The Morgan fingerprint density at radius 3 is 1.88 bits per heavy atom. The number of carbonyl (C=O) groups excluding carboxylic acids is 1. The van der Waals surface area contributed by atoms with Crippen molar-refractivity contribution in [1.82, 2.24) is 0 Å². The van der Waals surface area contributed by atoms with Crippen molar-refractivity contribution in [2.24, 2.45) is 0 Å². The van der Waals surface area contributed by atoms with Gasteiger partial charge in [0.05, 0.1) is 12.2 Å². The molecule has 0 rings (SSSR count). The highest BCUT2D eigenvalue weighted by atomic mass is 16.5. The molecule has 0 aromatic carbocycles. The maximum Gasteiger partial charge on any atom is 0.305 e. The zero-order chi connectivity index (χ0) is 18.8. The Balaban J connectivity index is 3.30. The van der Waals surface area contributed by atoms with E-state index in [4.69, 9.17) is 9.84 Å². The summed E-state index contributed by atoms with van der Waals surface area (Å²) in [5.41, 5.74) is 0. The predicted octanol–water partition coefficient (Wildman–Crippen LogP) is 3.73. The standard InChI is InChI=1S/C20H40O5/c1-2-18(22)17-25-20(24)15-11-7-3-5-9-13-19(23)14-10-6-4-8-12-16-21/h18-19,21-23H,2-17H2,1H3. The molecular weight excluding hydrogens is 320 g/mol. The molecule has 150 valence electrons. The van der Waals surface area contributed by atoms with E-state index in [1.165, 1.54) is 0 Å². The highest BCUT2D eigenvalue weighted by Crippen LogP contribution is 2.13. The molecule has 0 bridgehead atoms. The Bertz CT molecular complexity index is 296. The van der Waals surface area contributed by atoms with Crippen LogP contribution in [-0.2, 0) is 9.53 Å². The lowest BCUT2D eigenvalue weighted by Gasteiger charge is -2.10. The summed E-state index contributed by atoms with van der Waals surface area (Å²) in [5.74, 6) is -0.220. The number of aliphatic hydroxyl groups excluding tert-OH is 3. The van der Waals surface area contributed by atoms with Crippen LogP contribution in [0.3, 0.4) is 0 Å². The molecule has 0 aromatic rings. The Morgan fingerprint density at radius 1 is 0.800 bits per heavy atom. The van der Waals surface area contributed by atoms with Crippen molar-refractivity contribution in [3.05, 3.63) is 0 Å². The molecule has 0 fully saturated rings. The number of rotatable bonds is 18. The van der Waals surface area contributed by atoms with Crippen molar-refractivity contribution in [3.63, 3.8) is 0 Å². The Labute approximate surface area is 153 Å². The van der Waals surface area contributed by atoms with E-state index in [1.54, 1.807) is 0 Å². The van der Waals surface area contributed by atoms with E-state index in [-0.39, 0.29) is 25.3 Å². The number of carbonyl (C=O) groups is 1. The van der Waals surface area contributed by atoms with Crippen molar-refractivity contribution in [2.75, 3.05) is 13.2 Å². The minimum atomic E-state index is -0.545. The maximum absolute atomic E-state index is 11.4. The Morgan fingerprint density at radius 2 is 1.32 bits per heavy atom. The van der Waals surface area contributed by atoms with Gasteiger partial charge < -0.3 is 20.1 Å². The van der Waals surface area contributed by atoms with Gasteiger partial charge in [-0.15, -0.1) is 0 Å². The summed E-state index contributed by atoms with van der Waals surface area (Å²) >= 11 is 0. The predicted molar refractivity (Wildman–Crippen MR) is 100 cm³/mol. The molecule has 25 heavy (non-hydrogen) atoms. The SMILES string of the molecule is CCC(O)COC(=O)CCCCCCCC(O)CCCCCCCO. The number of ether oxygens (including phenoxy) is 1. The molecule has 0 amide bonds. The first-order chi connectivity index (χ1) is 12.1. The molecule has 0 saturated carbocycles. The van der Waals surface area contributed by atoms with Crippen LogP contribution < -0.4 is 0 Å². The van der Waals surface area contributed by atoms with E-state index in [9.17, 15) is 15.0 Å². The summed E-state index contributed by atoms with van der Waals surface area (Å²) in [6.45, 7) is 2.25.